The number of rotatable bonds is 5. The van der Waals surface area contributed by atoms with Gasteiger partial charge < -0.3 is 10.6 Å². The minimum atomic E-state index is -0.267. The first-order valence-electron chi connectivity index (χ1n) is 6.23. The zero-order valence-electron chi connectivity index (χ0n) is 11.5. The monoisotopic (exact) mass is 330 g/mol. The summed E-state index contributed by atoms with van der Waals surface area (Å²) in [6.45, 7) is 6.95. The Hall–Kier alpha value is -0.940. The van der Waals surface area contributed by atoms with Gasteiger partial charge in [-0.3, -0.25) is 4.79 Å². The summed E-state index contributed by atoms with van der Waals surface area (Å²) in [5, 5.41) is 6.01. The molecule has 0 saturated heterocycles. The van der Waals surface area contributed by atoms with E-state index in [1.807, 2.05) is 26.8 Å². The molecule has 1 aromatic carbocycles. The quantitative estimate of drug-likeness (QED) is 0.815. The SMILES string of the molecule is CC(C)(C)NC(=O)CCNCc1cc(F)cc(Br)c1. The number of hydrogen-bond acceptors (Lipinski definition) is 2. The first-order chi connectivity index (χ1) is 8.76. The highest BCUT2D eigenvalue weighted by Gasteiger charge is 2.12. The fourth-order valence-electron chi connectivity index (χ4n) is 1.63. The van der Waals surface area contributed by atoms with Crippen LogP contribution in [0.2, 0.25) is 0 Å². The Morgan fingerprint density at radius 2 is 2.00 bits per heavy atom. The van der Waals surface area contributed by atoms with E-state index in [2.05, 4.69) is 26.6 Å². The Morgan fingerprint density at radius 1 is 1.32 bits per heavy atom. The Kier molecular flexibility index (Phi) is 5.94. The molecule has 0 unspecified atom stereocenters. The summed E-state index contributed by atoms with van der Waals surface area (Å²) >= 11 is 3.25. The third kappa shape index (κ3) is 7.28. The van der Waals surface area contributed by atoms with Crippen LogP contribution in [0.25, 0.3) is 0 Å². The van der Waals surface area contributed by atoms with E-state index < -0.39 is 0 Å². The molecule has 0 aliphatic rings. The Morgan fingerprint density at radius 3 is 2.58 bits per heavy atom. The molecule has 2 N–H and O–H groups in total. The number of amides is 1. The van der Waals surface area contributed by atoms with E-state index in [0.29, 0.717) is 19.5 Å². The van der Waals surface area contributed by atoms with Crippen molar-refractivity contribution in [3.05, 3.63) is 34.1 Å². The fourth-order valence-corrected chi connectivity index (χ4v) is 2.14. The molecule has 0 aliphatic heterocycles. The molecule has 19 heavy (non-hydrogen) atoms. The van der Waals surface area contributed by atoms with Gasteiger partial charge in [-0.2, -0.15) is 0 Å². The molecule has 0 bridgehead atoms. The predicted octanol–water partition coefficient (Wildman–Crippen LogP) is 2.98. The van der Waals surface area contributed by atoms with Crippen molar-refractivity contribution >= 4 is 21.8 Å². The topological polar surface area (TPSA) is 41.1 Å². The third-order valence-corrected chi connectivity index (χ3v) is 2.75. The van der Waals surface area contributed by atoms with Gasteiger partial charge in [0.1, 0.15) is 5.82 Å². The molecule has 0 atom stereocenters. The molecular weight excluding hydrogens is 311 g/mol. The summed E-state index contributed by atoms with van der Waals surface area (Å²) in [6.07, 6.45) is 0.410. The molecule has 0 fully saturated rings. The highest BCUT2D eigenvalue weighted by molar-refractivity contribution is 9.10. The first kappa shape index (κ1) is 16.1. The normalized spacial score (nSPS) is 11.4. The van der Waals surface area contributed by atoms with Crippen LogP contribution in [0.5, 0.6) is 0 Å². The second-order valence-corrected chi connectivity index (χ2v) is 6.42. The van der Waals surface area contributed by atoms with Gasteiger partial charge in [-0.25, -0.2) is 4.39 Å². The molecule has 0 radical (unpaired) electrons. The van der Waals surface area contributed by atoms with Gasteiger partial charge >= 0.3 is 0 Å². The van der Waals surface area contributed by atoms with E-state index in [4.69, 9.17) is 0 Å². The highest BCUT2D eigenvalue weighted by atomic mass is 79.9. The summed E-state index contributed by atoms with van der Waals surface area (Å²) < 4.78 is 13.8. The minimum absolute atomic E-state index is 0.0143. The molecular formula is C14H20BrFN2O. The van der Waals surface area contributed by atoms with E-state index in [9.17, 15) is 9.18 Å². The van der Waals surface area contributed by atoms with E-state index in [1.54, 1.807) is 0 Å². The van der Waals surface area contributed by atoms with Crippen molar-refractivity contribution in [3.8, 4) is 0 Å². The molecule has 1 rings (SSSR count). The molecule has 0 aliphatic carbocycles. The van der Waals surface area contributed by atoms with Crippen molar-refractivity contribution < 1.29 is 9.18 Å². The molecule has 0 saturated carbocycles. The van der Waals surface area contributed by atoms with Gasteiger partial charge in [-0.05, 0) is 44.5 Å². The molecule has 1 aromatic rings. The van der Waals surface area contributed by atoms with Crippen LogP contribution in [0.15, 0.2) is 22.7 Å². The Labute approximate surface area is 122 Å². The smallest absolute Gasteiger partial charge is 0.221 e. The number of halogens is 2. The van der Waals surface area contributed by atoms with E-state index in [-0.39, 0.29) is 17.3 Å². The number of benzene rings is 1. The molecule has 0 heterocycles. The van der Waals surface area contributed by atoms with Crippen LogP contribution in [-0.2, 0) is 11.3 Å². The first-order valence-corrected chi connectivity index (χ1v) is 7.02. The van der Waals surface area contributed by atoms with Crippen LogP contribution in [0.3, 0.4) is 0 Å². The van der Waals surface area contributed by atoms with Gasteiger partial charge in [0, 0.05) is 29.5 Å². The predicted molar refractivity (Wildman–Crippen MR) is 78.3 cm³/mol. The van der Waals surface area contributed by atoms with Gasteiger partial charge in [0.15, 0.2) is 0 Å². The van der Waals surface area contributed by atoms with Crippen molar-refractivity contribution in [1.82, 2.24) is 10.6 Å². The Bertz CT molecular complexity index is 423. The summed E-state index contributed by atoms with van der Waals surface area (Å²) in [5.74, 6) is -0.253. The van der Waals surface area contributed by atoms with Gasteiger partial charge in [-0.1, -0.05) is 15.9 Å². The maximum absolute atomic E-state index is 13.1. The van der Waals surface area contributed by atoms with Crippen molar-refractivity contribution in [3.63, 3.8) is 0 Å². The number of carbonyl (C=O) groups excluding carboxylic acids is 1. The lowest BCUT2D eigenvalue weighted by molar-refractivity contribution is -0.122. The van der Waals surface area contributed by atoms with E-state index in [1.165, 1.54) is 12.1 Å². The second-order valence-electron chi connectivity index (χ2n) is 5.50. The highest BCUT2D eigenvalue weighted by Crippen LogP contribution is 2.14. The van der Waals surface area contributed by atoms with E-state index in [0.717, 1.165) is 10.0 Å². The Balaban J connectivity index is 2.29. The third-order valence-electron chi connectivity index (χ3n) is 2.29. The number of carbonyl (C=O) groups is 1. The maximum Gasteiger partial charge on any atom is 0.221 e. The van der Waals surface area contributed by atoms with Crippen LogP contribution in [0, 0.1) is 5.82 Å². The molecule has 5 heteroatoms. The molecule has 106 valence electrons. The zero-order chi connectivity index (χ0) is 14.5. The van der Waals surface area contributed by atoms with Gasteiger partial charge in [0.25, 0.3) is 0 Å². The lowest BCUT2D eigenvalue weighted by Gasteiger charge is -2.20. The number of nitrogens with one attached hydrogen (secondary N) is 2. The summed E-state index contributed by atoms with van der Waals surface area (Å²) in [6, 6.07) is 4.75. The van der Waals surface area contributed by atoms with Crippen LogP contribution in [-0.4, -0.2) is 18.0 Å². The maximum atomic E-state index is 13.1. The summed E-state index contributed by atoms with van der Waals surface area (Å²) in [5.41, 5.74) is 0.646. The van der Waals surface area contributed by atoms with Crippen LogP contribution in [0.4, 0.5) is 4.39 Å². The van der Waals surface area contributed by atoms with Crippen LogP contribution >= 0.6 is 15.9 Å². The van der Waals surface area contributed by atoms with Gasteiger partial charge in [0.2, 0.25) is 5.91 Å². The van der Waals surface area contributed by atoms with Crippen LogP contribution in [0.1, 0.15) is 32.8 Å². The summed E-state index contributed by atoms with van der Waals surface area (Å²) in [7, 11) is 0. The van der Waals surface area contributed by atoms with Crippen LogP contribution < -0.4 is 10.6 Å². The molecule has 0 spiro atoms. The van der Waals surface area contributed by atoms with Crippen molar-refractivity contribution in [2.24, 2.45) is 0 Å². The van der Waals surface area contributed by atoms with Gasteiger partial charge in [-0.15, -0.1) is 0 Å². The lowest BCUT2D eigenvalue weighted by atomic mass is 10.1. The van der Waals surface area contributed by atoms with Crippen molar-refractivity contribution in [2.75, 3.05) is 6.54 Å². The average Bonchev–Trinajstić information content (AvgIpc) is 2.20. The standard InChI is InChI=1S/C14H20BrFN2O/c1-14(2,3)18-13(19)4-5-17-9-10-6-11(15)8-12(16)7-10/h6-8,17H,4-5,9H2,1-3H3,(H,18,19). The van der Waals surface area contributed by atoms with Crippen molar-refractivity contribution in [1.29, 1.82) is 0 Å². The second kappa shape index (κ2) is 7.01. The largest absolute Gasteiger partial charge is 0.351 e. The fraction of sp³-hybridized carbons (Fsp3) is 0.500. The summed E-state index contributed by atoms with van der Waals surface area (Å²) in [4.78, 5) is 11.6. The molecule has 0 aromatic heterocycles. The molecule has 1 amide bonds. The number of hydrogen-bond donors (Lipinski definition) is 2. The van der Waals surface area contributed by atoms with Gasteiger partial charge in [0.05, 0.1) is 0 Å². The zero-order valence-corrected chi connectivity index (χ0v) is 13.1. The minimum Gasteiger partial charge on any atom is -0.351 e. The van der Waals surface area contributed by atoms with E-state index >= 15 is 0 Å². The lowest BCUT2D eigenvalue weighted by Crippen LogP contribution is -2.41. The van der Waals surface area contributed by atoms with Crippen molar-refractivity contribution in [2.45, 2.75) is 39.3 Å². The average molecular weight is 331 g/mol. The molecule has 3 nitrogen and oxygen atoms in total.